The lowest BCUT2D eigenvalue weighted by Crippen LogP contribution is -2.18. The van der Waals surface area contributed by atoms with E-state index < -0.39 is 5.91 Å². The maximum atomic E-state index is 12.8. The second-order valence-corrected chi connectivity index (χ2v) is 8.97. The van der Waals surface area contributed by atoms with Crippen LogP contribution in [0.1, 0.15) is 67.4 Å². The van der Waals surface area contributed by atoms with Crippen LogP contribution in [0.5, 0.6) is 0 Å². The van der Waals surface area contributed by atoms with E-state index in [-0.39, 0.29) is 5.91 Å². The van der Waals surface area contributed by atoms with Gasteiger partial charge < -0.3 is 11.1 Å². The van der Waals surface area contributed by atoms with Crippen molar-refractivity contribution in [2.24, 2.45) is 5.73 Å². The predicted molar refractivity (Wildman–Crippen MR) is 119 cm³/mol. The van der Waals surface area contributed by atoms with Crippen LogP contribution in [0.4, 0.5) is 5.00 Å². The first kappa shape index (κ1) is 20.3. The van der Waals surface area contributed by atoms with E-state index in [0.717, 1.165) is 54.6 Å². The zero-order valence-electron chi connectivity index (χ0n) is 17.3. The Morgan fingerprint density at radius 1 is 1.13 bits per heavy atom. The molecule has 156 valence electrons. The first-order chi connectivity index (χ1) is 14.4. The molecule has 4 rings (SSSR count). The van der Waals surface area contributed by atoms with Crippen molar-refractivity contribution in [1.29, 1.82) is 0 Å². The van der Waals surface area contributed by atoms with Crippen LogP contribution in [0.15, 0.2) is 30.3 Å². The Morgan fingerprint density at radius 2 is 1.87 bits per heavy atom. The van der Waals surface area contributed by atoms with Crippen molar-refractivity contribution >= 4 is 28.2 Å². The number of benzene rings is 1. The highest BCUT2D eigenvalue weighted by Crippen LogP contribution is 2.37. The van der Waals surface area contributed by atoms with Gasteiger partial charge in [-0.15, -0.1) is 11.3 Å². The fourth-order valence-electron chi connectivity index (χ4n) is 4.04. The Hall–Kier alpha value is -2.93. The first-order valence-electron chi connectivity index (χ1n) is 10.3. The molecule has 0 bridgehead atoms. The number of rotatable bonds is 5. The van der Waals surface area contributed by atoms with E-state index in [1.54, 1.807) is 12.1 Å². The highest BCUT2D eigenvalue weighted by Gasteiger charge is 2.24. The summed E-state index contributed by atoms with van der Waals surface area (Å²) in [5.74, 6) is -0.698. The van der Waals surface area contributed by atoms with E-state index in [9.17, 15) is 9.59 Å². The number of hydrogen-bond acceptors (Lipinski definition) is 4. The van der Waals surface area contributed by atoms with Crippen molar-refractivity contribution in [3.05, 3.63) is 68.9 Å². The molecule has 1 aliphatic carbocycles. The molecule has 0 atom stereocenters. The van der Waals surface area contributed by atoms with Crippen molar-refractivity contribution in [2.45, 2.75) is 52.5 Å². The average Bonchev–Trinajstić information content (AvgIpc) is 3.10. The number of hydrogen-bond donors (Lipinski definition) is 2. The molecule has 1 aromatic carbocycles. The second-order valence-electron chi connectivity index (χ2n) is 7.87. The van der Waals surface area contributed by atoms with Gasteiger partial charge in [-0.05, 0) is 68.9 Å². The molecular weight excluding hydrogens is 396 g/mol. The standard InChI is InChI=1S/C23H26N4O2S/c1-14-12-15(2)27(26-14)13-16-8-10-17(11-9-16)22(29)25-23-20(21(24)28)18-6-4-3-5-7-19(18)30-23/h8-12H,3-7,13H2,1-2H3,(H2,24,28)(H,25,29). The molecule has 7 heteroatoms. The van der Waals surface area contributed by atoms with Crippen LogP contribution in [-0.4, -0.2) is 21.6 Å². The second kappa shape index (κ2) is 8.44. The number of primary amides is 1. The number of carbonyl (C=O) groups excluding carboxylic acids is 2. The van der Waals surface area contributed by atoms with Crippen LogP contribution in [0.2, 0.25) is 0 Å². The number of fused-ring (bicyclic) bond motifs is 1. The van der Waals surface area contributed by atoms with Crippen LogP contribution in [0, 0.1) is 13.8 Å². The number of nitrogens with two attached hydrogens (primary N) is 1. The number of aromatic nitrogens is 2. The summed E-state index contributed by atoms with van der Waals surface area (Å²) in [5.41, 5.74) is 10.9. The predicted octanol–water partition coefficient (Wildman–Crippen LogP) is 4.23. The molecule has 6 nitrogen and oxygen atoms in total. The van der Waals surface area contributed by atoms with Crippen LogP contribution in [-0.2, 0) is 19.4 Å². The van der Waals surface area contributed by atoms with Crippen LogP contribution in [0.25, 0.3) is 0 Å². The maximum Gasteiger partial charge on any atom is 0.256 e. The first-order valence-corrected chi connectivity index (χ1v) is 11.1. The fraction of sp³-hybridized carbons (Fsp3) is 0.348. The summed E-state index contributed by atoms with van der Waals surface area (Å²) in [7, 11) is 0. The third-order valence-corrected chi connectivity index (χ3v) is 6.75. The van der Waals surface area contributed by atoms with E-state index in [2.05, 4.69) is 10.4 Å². The summed E-state index contributed by atoms with van der Waals surface area (Å²) in [6.07, 6.45) is 5.10. The molecule has 3 N–H and O–H groups in total. The Labute approximate surface area is 180 Å². The molecule has 0 unspecified atom stereocenters. The highest BCUT2D eigenvalue weighted by molar-refractivity contribution is 7.17. The molecule has 1 aliphatic rings. The molecule has 0 radical (unpaired) electrons. The number of amides is 2. The van der Waals surface area contributed by atoms with Crippen LogP contribution in [0.3, 0.4) is 0 Å². The van der Waals surface area contributed by atoms with E-state index >= 15 is 0 Å². The van der Waals surface area contributed by atoms with Crippen molar-refractivity contribution < 1.29 is 9.59 Å². The van der Waals surface area contributed by atoms with Gasteiger partial charge in [0.2, 0.25) is 0 Å². The largest absolute Gasteiger partial charge is 0.365 e. The summed E-state index contributed by atoms with van der Waals surface area (Å²) in [4.78, 5) is 26.1. The maximum absolute atomic E-state index is 12.8. The van der Waals surface area contributed by atoms with E-state index in [0.29, 0.717) is 22.7 Å². The number of anilines is 1. The minimum Gasteiger partial charge on any atom is -0.365 e. The normalized spacial score (nSPS) is 13.5. The molecule has 3 aromatic rings. The number of nitrogens with one attached hydrogen (secondary N) is 1. The van der Waals surface area contributed by atoms with Crippen molar-refractivity contribution in [2.75, 3.05) is 5.32 Å². The summed E-state index contributed by atoms with van der Waals surface area (Å²) >= 11 is 1.49. The Kier molecular flexibility index (Phi) is 5.72. The zero-order chi connectivity index (χ0) is 21.3. The van der Waals surface area contributed by atoms with E-state index in [1.807, 2.05) is 36.7 Å². The number of carbonyl (C=O) groups is 2. The van der Waals surface area contributed by atoms with Gasteiger partial charge in [0, 0.05) is 16.1 Å². The van der Waals surface area contributed by atoms with Gasteiger partial charge in [0.1, 0.15) is 5.00 Å². The number of thiophene rings is 1. The fourth-order valence-corrected chi connectivity index (χ4v) is 5.33. The third-order valence-electron chi connectivity index (χ3n) is 5.55. The van der Waals surface area contributed by atoms with Gasteiger partial charge in [0.15, 0.2) is 0 Å². The topological polar surface area (TPSA) is 90.0 Å². The van der Waals surface area contributed by atoms with Gasteiger partial charge in [0.25, 0.3) is 11.8 Å². The Bertz CT molecular complexity index is 1100. The molecule has 0 fully saturated rings. The molecule has 2 aromatic heterocycles. The zero-order valence-corrected chi connectivity index (χ0v) is 18.1. The summed E-state index contributed by atoms with van der Waals surface area (Å²) in [6, 6.07) is 9.52. The molecule has 2 heterocycles. The van der Waals surface area contributed by atoms with Gasteiger partial charge in [-0.1, -0.05) is 18.6 Å². The lowest BCUT2D eigenvalue weighted by molar-refractivity contribution is 0.100. The smallest absolute Gasteiger partial charge is 0.256 e. The minimum absolute atomic E-state index is 0.230. The average molecular weight is 423 g/mol. The summed E-state index contributed by atoms with van der Waals surface area (Å²) < 4.78 is 1.95. The van der Waals surface area contributed by atoms with Crippen LogP contribution < -0.4 is 11.1 Å². The quantitative estimate of drug-likeness (QED) is 0.603. The number of nitrogens with zero attached hydrogens (tertiary/aromatic N) is 2. The lowest BCUT2D eigenvalue weighted by atomic mass is 10.0. The third kappa shape index (κ3) is 4.16. The molecular formula is C23H26N4O2S. The highest BCUT2D eigenvalue weighted by atomic mass is 32.1. The number of aryl methyl sites for hydroxylation is 3. The molecule has 30 heavy (non-hydrogen) atoms. The van der Waals surface area contributed by atoms with Crippen molar-refractivity contribution in [3.8, 4) is 0 Å². The summed E-state index contributed by atoms with van der Waals surface area (Å²) in [6.45, 7) is 4.66. The monoisotopic (exact) mass is 422 g/mol. The Morgan fingerprint density at radius 3 is 2.53 bits per heavy atom. The van der Waals surface area contributed by atoms with Gasteiger partial charge in [-0.2, -0.15) is 5.10 Å². The summed E-state index contributed by atoms with van der Waals surface area (Å²) in [5, 5.41) is 7.98. The SMILES string of the molecule is Cc1cc(C)n(Cc2ccc(C(=O)Nc3sc4c(c3C(N)=O)CCCCC4)cc2)n1. The Balaban J connectivity index is 1.51. The van der Waals surface area contributed by atoms with E-state index in [1.165, 1.54) is 16.2 Å². The van der Waals surface area contributed by atoms with Gasteiger partial charge >= 0.3 is 0 Å². The van der Waals surface area contributed by atoms with Crippen molar-refractivity contribution in [3.63, 3.8) is 0 Å². The van der Waals surface area contributed by atoms with Gasteiger partial charge in [0.05, 0.1) is 17.8 Å². The lowest BCUT2D eigenvalue weighted by Gasteiger charge is -2.08. The molecule has 0 saturated heterocycles. The van der Waals surface area contributed by atoms with Gasteiger partial charge in [-0.3, -0.25) is 14.3 Å². The molecule has 0 saturated carbocycles. The molecule has 0 aliphatic heterocycles. The molecule has 0 spiro atoms. The van der Waals surface area contributed by atoms with E-state index in [4.69, 9.17) is 5.73 Å². The van der Waals surface area contributed by atoms with Crippen molar-refractivity contribution in [1.82, 2.24) is 9.78 Å². The minimum atomic E-state index is -0.468. The molecule has 2 amide bonds. The van der Waals surface area contributed by atoms with Gasteiger partial charge in [-0.25, -0.2) is 0 Å². The van der Waals surface area contributed by atoms with Crippen LogP contribution >= 0.6 is 11.3 Å².